The van der Waals surface area contributed by atoms with Gasteiger partial charge in [0.15, 0.2) is 0 Å². The average Bonchev–Trinajstić information content (AvgIpc) is 1.89. The van der Waals surface area contributed by atoms with Crippen LogP contribution in [0.5, 0.6) is 0 Å². The van der Waals surface area contributed by atoms with Crippen LogP contribution in [-0.4, -0.2) is 49.9 Å². The second kappa shape index (κ2) is 5.61. The molecule has 2 N–H and O–H groups in total. The first-order chi connectivity index (χ1) is 4.72. The first-order valence-corrected chi connectivity index (χ1v) is 3.06. The third-order valence-electron chi connectivity index (χ3n) is 1.12. The van der Waals surface area contributed by atoms with Crippen LogP contribution in [0.15, 0.2) is 0 Å². The molecule has 0 saturated carbocycles. The van der Waals surface area contributed by atoms with E-state index < -0.39 is 12.2 Å². The number of aliphatic hydroxyl groups excluding tert-OH is 2. The highest BCUT2D eigenvalue weighted by Crippen LogP contribution is 1.93. The summed E-state index contributed by atoms with van der Waals surface area (Å²) in [5, 5.41) is 18.0. The Morgan fingerprint density at radius 1 is 1.00 bits per heavy atom. The summed E-state index contributed by atoms with van der Waals surface area (Å²) < 4.78 is 9.21. The Hall–Kier alpha value is -0.160. The lowest BCUT2D eigenvalue weighted by Gasteiger charge is -2.15. The van der Waals surface area contributed by atoms with Crippen molar-refractivity contribution in [1.82, 2.24) is 0 Å². The molecule has 0 aromatic carbocycles. The predicted octanol–water partition coefficient (Wildman–Crippen LogP) is -0.999. The summed E-state index contributed by atoms with van der Waals surface area (Å²) in [6.07, 6.45) is -1.71. The third kappa shape index (κ3) is 3.79. The highest BCUT2D eigenvalue weighted by Gasteiger charge is 2.14. The molecular weight excluding hydrogens is 136 g/mol. The summed E-state index contributed by atoms with van der Waals surface area (Å²) >= 11 is 0. The lowest BCUT2D eigenvalue weighted by molar-refractivity contribution is -0.0555. The van der Waals surface area contributed by atoms with Gasteiger partial charge in [-0.25, -0.2) is 0 Å². The minimum atomic E-state index is -0.857. The minimum Gasteiger partial charge on any atom is -0.388 e. The summed E-state index contributed by atoms with van der Waals surface area (Å²) in [5.41, 5.74) is 0. The SMILES string of the molecule is COC[C@@H](O)[C@@H](O)COC. The Kier molecular flexibility index (Phi) is 5.52. The van der Waals surface area contributed by atoms with Crippen molar-refractivity contribution >= 4 is 0 Å². The van der Waals surface area contributed by atoms with E-state index in [4.69, 9.17) is 10.2 Å². The molecule has 0 fully saturated rings. The molecule has 0 amide bonds. The molecule has 0 unspecified atom stereocenters. The number of methoxy groups -OCH3 is 2. The van der Waals surface area contributed by atoms with Gasteiger partial charge in [-0.05, 0) is 0 Å². The molecule has 0 spiro atoms. The summed E-state index contributed by atoms with van der Waals surface area (Å²) in [6.45, 7) is 0.259. The summed E-state index contributed by atoms with van der Waals surface area (Å²) in [7, 11) is 2.92. The fourth-order valence-electron chi connectivity index (χ4n) is 0.564. The van der Waals surface area contributed by atoms with Crippen molar-refractivity contribution in [2.45, 2.75) is 12.2 Å². The molecule has 0 aliphatic rings. The zero-order chi connectivity index (χ0) is 7.98. The standard InChI is InChI=1S/C6H14O4/c1-9-3-5(7)6(8)4-10-2/h5-8H,3-4H2,1-2H3/t5-,6+. The van der Waals surface area contributed by atoms with Crippen LogP contribution >= 0.6 is 0 Å². The largest absolute Gasteiger partial charge is 0.388 e. The summed E-state index contributed by atoms with van der Waals surface area (Å²) in [5.74, 6) is 0. The van der Waals surface area contributed by atoms with E-state index in [1.54, 1.807) is 0 Å². The number of hydrogen-bond acceptors (Lipinski definition) is 4. The van der Waals surface area contributed by atoms with Gasteiger partial charge in [-0.2, -0.15) is 0 Å². The highest BCUT2D eigenvalue weighted by molar-refractivity contribution is 4.64. The van der Waals surface area contributed by atoms with Crippen molar-refractivity contribution in [3.05, 3.63) is 0 Å². The number of ether oxygens (including phenoxy) is 2. The van der Waals surface area contributed by atoms with E-state index in [2.05, 4.69) is 9.47 Å². The van der Waals surface area contributed by atoms with E-state index in [-0.39, 0.29) is 13.2 Å². The van der Waals surface area contributed by atoms with Gasteiger partial charge in [-0.1, -0.05) is 0 Å². The molecule has 0 heterocycles. The van der Waals surface area contributed by atoms with Crippen LogP contribution in [0.25, 0.3) is 0 Å². The molecule has 0 aromatic rings. The Bertz CT molecular complexity index is 66.1. The van der Waals surface area contributed by atoms with Crippen LogP contribution in [0.4, 0.5) is 0 Å². The van der Waals surface area contributed by atoms with Crippen molar-refractivity contribution in [2.24, 2.45) is 0 Å². The molecular formula is C6H14O4. The van der Waals surface area contributed by atoms with Crippen molar-refractivity contribution in [2.75, 3.05) is 27.4 Å². The second-order valence-corrected chi connectivity index (χ2v) is 2.05. The first kappa shape index (κ1) is 9.84. The smallest absolute Gasteiger partial charge is 0.105 e. The maximum Gasteiger partial charge on any atom is 0.105 e. The quantitative estimate of drug-likeness (QED) is 0.528. The van der Waals surface area contributed by atoms with Gasteiger partial charge in [-0.15, -0.1) is 0 Å². The Morgan fingerprint density at radius 2 is 1.30 bits per heavy atom. The van der Waals surface area contributed by atoms with Crippen LogP contribution in [0.2, 0.25) is 0 Å². The highest BCUT2D eigenvalue weighted by atomic mass is 16.5. The normalized spacial score (nSPS) is 16.8. The lowest BCUT2D eigenvalue weighted by Crippen LogP contribution is -2.33. The van der Waals surface area contributed by atoms with E-state index in [1.165, 1.54) is 14.2 Å². The van der Waals surface area contributed by atoms with E-state index >= 15 is 0 Å². The predicted molar refractivity (Wildman–Crippen MR) is 35.8 cm³/mol. The molecule has 4 heteroatoms. The molecule has 0 saturated heterocycles. The van der Waals surface area contributed by atoms with Crippen LogP contribution in [-0.2, 0) is 9.47 Å². The van der Waals surface area contributed by atoms with Gasteiger partial charge in [0.1, 0.15) is 12.2 Å². The van der Waals surface area contributed by atoms with Gasteiger partial charge in [0.2, 0.25) is 0 Å². The lowest BCUT2D eigenvalue weighted by atomic mass is 10.2. The maximum atomic E-state index is 8.99. The fourth-order valence-corrected chi connectivity index (χ4v) is 0.564. The molecule has 10 heavy (non-hydrogen) atoms. The fraction of sp³-hybridized carbons (Fsp3) is 1.00. The van der Waals surface area contributed by atoms with Crippen LogP contribution in [0, 0.1) is 0 Å². The molecule has 0 bridgehead atoms. The van der Waals surface area contributed by atoms with Crippen LogP contribution in [0.3, 0.4) is 0 Å². The van der Waals surface area contributed by atoms with Crippen molar-refractivity contribution < 1.29 is 19.7 Å². The molecule has 4 nitrogen and oxygen atoms in total. The molecule has 2 atom stereocenters. The van der Waals surface area contributed by atoms with Crippen molar-refractivity contribution in [1.29, 1.82) is 0 Å². The summed E-state index contributed by atoms with van der Waals surface area (Å²) in [6, 6.07) is 0. The van der Waals surface area contributed by atoms with E-state index in [1.807, 2.05) is 0 Å². The molecule has 0 aliphatic heterocycles. The Morgan fingerprint density at radius 3 is 1.50 bits per heavy atom. The zero-order valence-electron chi connectivity index (χ0n) is 6.28. The van der Waals surface area contributed by atoms with Gasteiger partial charge in [0.05, 0.1) is 13.2 Å². The topological polar surface area (TPSA) is 58.9 Å². The third-order valence-corrected chi connectivity index (χ3v) is 1.12. The van der Waals surface area contributed by atoms with Gasteiger partial charge >= 0.3 is 0 Å². The monoisotopic (exact) mass is 150 g/mol. The van der Waals surface area contributed by atoms with Crippen LogP contribution < -0.4 is 0 Å². The van der Waals surface area contributed by atoms with Crippen molar-refractivity contribution in [3.8, 4) is 0 Å². The van der Waals surface area contributed by atoms with Gasteiger partial charge in [-0.3, -0.25) is 0 Å². The van der Waals surface area contributed by atoms with Crippen molar-refractivity contribution in [3.63, 3.8) is 0 Å². The molecule has 0 aliphatic carbocycles. The zero-order valence-corrected chi connectivity index (χ0v) is 6.28. The first-order valence-electron chi connectivity index (χ1n) is 3.06. The van der Waals surface area contributed by atoms with Gasteiger partial charge in [0.25, 0.3) is 0 Å². The average molecular weight is 150 g/mol. The van der Waals surface area contributed by atoms with Crippen LogP contribution in [0.1, 0.15) is 0 Å². The molecule has 0 aromatic heterocycles. The molecule has 62 valence electrons. The van der Waals surface area contributed by atoms with E-state index in [0.29, 0.717) is 0 Å². The van der Waals surface area contributed by atoms with Gasteiger partial charge < -0.3 is 19.7 Å². The Labute approximate surface area is 60.4 Å². The second-order valence-electron chi connectivity index (χ2n) is 2.05. The number of hydrogen-bond donors (Lipinski definition) is 2. The minimum absolute atomic E-state index is 0.129. The Balaban J connectivity index is 3.38. The molecule has 0 radical (unpaired) electrons. The molecule has 0 rings (SSSR count). The number of rotatable bonds is 5. The maximum absolute atomic E-state index is 8.99. The van der Waals surface area contributed by atoms with E-state index in [9.17, 15) is 0 Å². The summed E-state index contributed by atoms with van der Waals surface area (Å²) in [4.78, 5) is 0. The number of aliphatic hydroxyl groups is 2. The van der Waals surface area contributed by atoms with Gasteiger partial charge in [0, 0.05) is 14.2 Å². The van der Waals surface area contributed by atoms with E-state index in [0.717, 1.165) is 0 Å².